The Morgan fingerprint density at radius 3 is 2.69 bits per heavy atom. The topological polar surface area (TPSA) is 84.3 Å². The minimum absolute atomic E-state index is 0.00245. The molecule has 1 aromatic rings. The first-order valence-electron chi connectivity index (χ1n) is 4.54. The predicted molar refractivity (Wildman–Crippen MR) is 54.4 cm³/mol. The Morgan fingerprint density at radius 2 is 2.12 bits per heavy atom. The van der Waals surface area contributed by atoms with Gasteiger partial charge in [0.15, 0.2) is 0 Å². The van der Waals surface area contributed by atoms with Crippen molar-refractivity contribution in [3.63, 3.8) is 0 Å². The lowest BCUT2D eigenvalue weighted by Crippen LogP contribution is -2.54. The number of carbonyl (C=O) groups is 1. The van der Waals surface area contributed by atoms with Crippen molar-refractivity contribution in [3.8, 4) is 6.01 Å². The van der Waals surface area contributed by atoms with E-state index in [9.17, 15) is 4.79 Å². The first-order chi connectivity index (χ1) is 7.73. The Bertz CT molecular complexity index is 444. The van der Waals surface area contributed by atoms with Gasteiger partial charge in [-0.25, -0.2) is 14.8 Å². The van der Waals surface area contributed by atoms with Crippen LogP contribution in [0.15, 0.2) is 42.9 Å². The van der Waals surface area contributed by atoms with Gasteiger partial charge in [-0.05, 0) is 18.2 Å². The number of dihydropyridines is 1. The molecule has 0 spiro atoms. The van der Waals surface area contributed by atoms with Crippen molar-refractivity contribution in [1.29, 1.82) is 0 Å². The van der Waals surface area contributed by atoms with E-state index in [-0.39, 0.29) is 6.01 Å². The third-order valence-electron chi connectivity index (χ3n) is 1.95. The van der Waals surface area contributed by atoms with Crippen LogP contribution in [-0.4, -0.2) is 26.8 Å². The molecule has 2 heterocycles. The number of carboxylic acids is 1. The van der Waals surface area contributed by atoms with Gasteiger partial charge in [0, 0.05) is 18.6 Å². The number of hydrogen-bond acceptors (Lipinski definition) is 5. The van der Waals surface area contributed by atoms with E-state index >= 15 is 0 Å². The fraction of sp³-hybridized carbons (Fsp3) is 0.100. The monoisotopic (exact) mass is 219 g/mol. The fourth-order valence-electron chi connectivity index (χ4n) is 1.19. The zero-order chi connectivity index (χ0) is 11.4. The van der Waals surface area contributed by atoms with Gasteiger partial charge in [-0.15, -0.1) is 0 Å². The summed E-state index contributed by atoms with van der Waals surface area (Å²) in [5.41, 5.74) is -1.64. The third-order valence-corrected chi connectivity index (χ3v) is 1.95. The maximum Gasteiger partial charge on any atom is 0.374 e. The van der Waals surface area contributed by atoms with E-state index in [2.05, 4.69) is 15.3 Å². The van der Waals surface area contributed by atoms with Gasteiger partial charge in [-0.3, -0.25) is 0 Å². The standard InChI is InChI=1S/C10H9N3O3/c14-8(15)10(4-1-2-7-13-10)16-9-11-5-3-6-12-9/h1-7,13H,(H,14,15). The van der Waals surface area contributed by atoms with E-state index in [1.54, 1.807) is 18.2 Å². The molecule has 1 atom stereocenters. The highest BCUT2D eigenvalue weighted by Gasteiger charge is 2.39. The van der Waals surface area contributed by atoms with Crippen LogP contribution in [0.4, 0.5) is 0 Å². The molecular weight excluding hydrogens is 210 g/mol. The molecule has 16 heavy (non-hydrogen) atoms. The number of aromatic nitrogens is 2. The van der Waals surface area contributed by atoms with Crippen molar-refractivity contribution in [2.45, 2.75) is 5.72 Å². The Hall–Kier alpha value is -2.37. The van der Waals surface area contributed by atoms with Crippen LogP contribution in [-0.2, 0) is 4.79 Å². The van der Waals surface area contributed by atoms with Crippen LogP contribution in [0.3, 0.4) is 0 Å². The molecule has 2 N–H and O–H groups in total. The zero-order valence-corrected chi connectivity index (χ0v) is 8.20. The maximum atomic E-state index is 11.2. The second-order valence-corrected chi connectivity index (χ2v) is 3.04. The minimum Gasteiger partial charge on any atom is -0.477 e. The van der Waals surface area contributed by atoms with Crippen molar-refractivity contribution in [2.24, 2.45) is 0 Å². The lowest BCUT2D eigenvalue weighted by molar-refractivity contribution is -0.153. The summed E-state index contributed by atoms with van der Waals surface area (Å²) in [6.45, 7) is 0. The smallest absolute Gasteiger partial charge is 0.374 e. The molecule has 1 aliphatic rings. The first-order valence-corrected chi connectivity index (χ1v) is 4.54. The molecule has 0 bridgehead atoms. The highest BCUT2D eigenvalue weighted by Crippen LogP contribution is 2.15. The van der Waals surface area contributed by atoms with Crippen molar-refractivity contribution >= 4 is 5.97 Å². The summed E-state index contributed by atoms with van der Waals surface area (Å²) in [5.74, 6) is -1.17. The van der Waals surface area contributed by atoms with Crippen LogP contribution in [0.25, 0.3) is 0 Å². The summed E-state index contributed by atoms with van der Waals surface area (Å²) >= 11 is 0. The maximum absolute atomic E-state index is 11.2. The van der Waals surface area contributed by atoms with Crippen LogP contribution in [0.1, 0.15) is 0 Å². The molecular formula is C10H9N3O3. The number of allylic oxidation sites excluding steroid dienone is 2. The van der Waals surface area contributed by atoms with Crippen molar-refractivity contribution in [1.82, 2.24) is 15.3 Å². The Morgan fingerprint density at radius 1 is 1.38 bits per heavy atom. The number of rotatable bonds is 3. The van der Waals surface area contributed by atoms with E-state index in [1.165, 1.54) is 24.7 Å². The molecule has 0 saturated heterocycles. The average molecular weight is 219 g/mol. The third kappa shape index (κ3) is 1.85. The van der Waals surface area contributed by atoms with Gasteiger partial charge in [0.05, 0.1) is 0 Å². The van der Waals surface area contributed by atoms with E-state index < -0.39 is 11.7 Å². The van der Waals surface area contributed by atoms with Gasteiger partial charge in [0.1, 0.15) is 0 Å². The molecule has 1 aromatic heterocycles. The normalized spacial score (nSPS) is 22.5. The fourth-order valence-corrected chi connectivity index (χ4v) is 1.19. The summed E-state index contributed by atoms with van der Waals surface area (Å²) in [7, 11) is 0. The quantitative estimate of drug-likeness (QED) is 0.761. The molecule has 1 unspecified atom stereocenters. The van der Waals surface area contributed by atoms with Gasteiger partial charge in [-0.2, -0.15) is 0 Å². The van der Waals surface area contributed by atoms with Crippen LogP contribution >= 0.6 is 0 Å². The Kier molecular flexibility index (Phi) is 2.55. The van der Waals surface area contributed by atoms with Crippen LogP contribution in [0.5, 0.6) is 6.01 Å². The zero-order valence-electron chi connectivity index (χ0n) is 8.20. The minimum atomic E-state index is -1.64. The average Bonchev–Trinajstić information content (AvgIpc) is 2.31. The SMILES string of the molecule is O=C(O)C1(Oc2ncccn2)C=CC=CN1. The van der Waals surface area contributed by atoms with Gasteiger partial charge in [0.2, 0.25) is 0 Å². The van der Waals surface area contributed by atoms with Crippen molar-refractivity contribution in [3.05, 3.63) is 42.9 Å². The summed E-state index contributed by atoms with van der Waals surface area (Å²) in [4.78, 5) is 18.8. The summed E-state index contributed by atoms with van der Waals surface area (Å²) in [6, 6.07) is 1.61. The summed E-state index contributed by atoms with van der Waals surface area (Å²) in [5, 5.41) is 11.7. The van der Waals surface area contributed by atoms with E-state index in [0.717, 1.165) is 0 Å². The number of aliphatic carboxylic acids is 1. The molecule has 1 aliphatic heterocycles. The number of nitrogens with zero attached hydrogens (tertiary/aromatic N) is 2. The van der Waals surface area contributed by atoms with Gasteiger partial charge in [0.25, 0.3) is 0 Å². The largest absolute Gasteiger partial charge is 0.477 e. The summed E-state index contributed by atoms with van der Waals surface area (Å²) in [6.07, 6.45) is 9.05. The molecule has 82 valence electrons. The van der Waals surface area contributed by atoms with Crippen molar-refractivity contribution in [2.75, 3.05) is 0 Å². The highest BCUT2D eigenvalue weighted by atomic mass is 16.6. The Labute approximate surface area is 91.3 Å². The van der Waals surface area contributed by atoms with E-state index in [0.29, 0.717) is 0 Å². The van der Waals surface area contributed by atoms with Gasteiger partial charge >= 0.3 is 17.7 Å². The predicted octanol–water partition coefficient (Wildman–Crippen LogP) is 0.309. The summed E-state index contributed by atoms with van der Waals surface area (Å²) < 4.78 is 5.23. The molecule has 0 fully saturated rings. The van der Waals surface area contributed by atoms with Crippen LogP contribution in [0, 0.1) is 0 Å². The lowest BCUT2D eigenvalue weighted by Gasteiger charge is -2.27. The van der Waals surface area contributed by atoms with Crippen LogP contribution < -0.4 is 10.1 Å². The second-order valence-electron chi connectivity index (χ2n) is 3.04. The van der Waals surface area contributed by atoms with E-state index in [1.807, 2.05) is 0 Å². The molecule has 0 amide bonds. The second kappa shape index (κ2) is 4.01. The number of hydrogen-bond donors (Lipinski definition) is 2. The molecule has 2 rings (SSSR count). The van der Waals surface area contributed by atoms with Gasteiger partial charge in [-0.1, -0.05) is 6.08 Å². The molecule has 0 aliphatic carbocycles. The molecule has 6 nitrogen and oxygen atoms in total. The highest BCUT2D eigenvalue weighted by molar-refractivity contribution is 5.80. The Balaban J connectivity index is 2.25. The number of ether oxygens (including phenoxy) is 1. The lowest BCUT2D eigenvalue weighted by atomic mass is 10.1. The number of carboxylic acid groups (broad SMARTS) is 1. The number of nitrogens with one attached hydrogen (secondary N) is 1. The van der Waals surface area contributed by atoms with E-state index in [4.69, 9.17) is 9.84 Å². The molecule has 6 heteroatoms. The van der Waals surface area contributed by atoms with Crippen molar-refractivity contribution < 1.29 is 14.6 Å². The molecule has 0 saturated carbocycles. The van der Waals surface area contributed by atoms with Gasteiger partial charge < -0.3 is 15.2 Å². The van der Waals surface area contributed by atoms with Crippen LogP contribution in [0.2, 0.25) is 0 Å². The molecule has 0 radical (unpaired) electrons. The molecule has 0 aromatic carbocycles. The first kappa shape index (κ1) is 10.2.